The van der Waals surface area contributed by atoms with Gasteiger partial charge in [0.1, 0.15) is 11.6 Å². The van der Waals surface area contributed by atoms with Crippen molar-refractivity contribution in [2.24, 2.45) is 0 Å². The fraction of sp³-hybridized carbons (Fsp3) is 0.154. The van der Waals surface area contributed by atoms with Gasteiger partial charge < -0.3 is 9.84 Å². The summed E-state index contributed by atoms with van der Waals surface area (Å²) in [5.41, 5.74) is 1.52. The van der Waals surface area contributed by atoms with Crippen molar-refractivity contribution in [3.05, 3.63) is 53.5 Å². The van der Waals surface area contributed by atoms with E-state index in [1.54, 1.807) is 18.2 Å². The summed E-state index contributed by atoms with van der Waals surface area (Å²) in [6, 6.07) is 7.62. The first-order valence-electron chi connectivity index (χ1n) is 5.19. The maximum Gasteiger partial charge on any atom is 0.219 e. The summed E-state index contributed by atoms with van der Waals surface area (Å²) in [6.45, 7) is 1.74. The van der Waals surface area contributed by atoms with Crippen molar-refractivity contribution >= 4 is 0 Å². The predicted octanol–water partition coefficient (Wildman–Crippen LogP) is 2.81. The van der Waals surface area contributed by atoms with E-state index in [9.17, 15) is 4.39 Å². The van der Waals surface area contributed by atoms with Crippen LogP contribution in [0.1, 0.15) is 11.1 Å². The van der Waals surface area contributed by atoms with Gasteiger partial charge in [-0.2, -0.15) is 0 Å². The SMILES string of the molecule is Cc1ccc(F)cc1Oc1cc(CO)ccn1. The molecule has 1 aromatic heterocycles. The van der Waals surface area contributed by atoms with Gasteiger partial charge in [0.2, 0.25) is 5.88 Å². The molecule has 1 aromatic carbocycles. The molecule has 0 unspecified atom stereocenters. The second-order valence-corrected chi connectivity index (χ2v) is 3.67. The number of hydrogen-bond acceptors (Lipinski definition) is 3. The van der Waals surface area contributed by atoms with Crippen LogP contribution < -0.4 is 4.74 Å². The first kappa shape index (κ1) is 11.5. The second-order valence-electron chi connectivity index (χ2n) is 3.67. The smallest absolute Gasteiger partial charge is 0.219 e. The van der Waals surface area contributed by atoms with Gasteiger partial charge in [0.25, 0.3) is 0 Å². The summed E-state index contributed by atoms with van der Waals surface area (Å²) in [5, 5.41) is 8.98. The third kappa shape index (κ3) is 2.79. The molecule has 0 fully saturated rings. The molecule has 17 heavy (non-hydrogen) atoms. The zero-order valence-corrected chi connectivity index (χ0v) is 9.35. The lowest BCUT2D eigenvalue weighted by molar-refractivity contribution is 0.281. The second kappa shape index (κ2) is 4.93. The van der Waals surface area contributed by atoms with Crippen LogP contribution in [0.2, 0.25) is 0 Å². The monoisotopic (exact) mass is 233 g/mol. The molecule has 0 amide bonds. The lowest BCUT2D eigenvalue weighted by Crippen LogP contribution is -1.93. The highest BCUT2D eigenvalue weighted by molar-refractivity contribution is 5.36. The van der Waals surface area contributed by atoms with Crippen LogP contribution in [0.5, 0.6) is 11.6 Å². The van der Waals surface area contributed by atoms with Crippen LogP contribution >= 0.6 is 0 Å². The van der Waals surface area contributed by atoms with E-state index in [4.69, 9.17) is 9.84 Å². The Bertz CT molecular complexity index is 529. The average molecular weight is 233 g/mol. The highest BCUT2D eigenvalue weighted by Gasteiger charge is 2.04. The third-order valence-electron chi connectivity index (χ3n) is 2.35. The number of aliphatic hydroxyl groups is 1. The van der Waals surface area contributed by atoms with Gasteiger partial charge in [0.15, 0.2) is 0 Å². The minimum absolute atomic E-state index is 0.0823. The number of nitrogens with zero attached hydrogens (tertiary/aromatic N) is 1. The van der Waals surface area contributed by atoms with E-state index < -0.39 is 0 Å². The number of pyridine rings is 1. The van der Waals surface area contributed by atoms with Gasteiger partial charge in [-0.3, -0.25) is 0 Å². The van der Waals surface area contributed by atoms with Gasteiger partial charge in [-0.25, -0.2) is 9.37 Å². The molecule has 2 rings (SSSR count). The van der Waals surface area contributed by atoms with Gasteiger partial charge in [0.05, 0.1) is 6.61 Å². The van der Waals surface area contributed by atoms with Gasteiger partial charge in [-0.15, -0.1) is 0 Å². The lowest BCUT2D eigenvalue weighted by Gasteiger charge is -2.08. The molecule has 0 aliphatic heterocycles. The molecular weight excluding hydrogens is 221 g/mol. The number of aliphatic hydroxyl groups excluding tert-OH is 1. The first-order valence-corrected chi connectivity index (χ1v) is 5.19. The van der Waals surface area contributed by atoms with E-state index >= 15 is 0 Å². The number of hydrogen-bond donors (Lipinski definition) is 1. The van der Waals surface area contributed by atoms with Gasteiger partial charge in [-0.1, -0.05) is 6.07 Å². The van der Waals surface area contributed by atoms with Crippen molar-refractivity contribution in [1.82, 2.24) is 4.98 Å². The Morgan fingerprint density at radius 1 is 1.29 bits per heavy atom. The standard InChI is InChI=1S/C13H12FNO2/c1-9-2-3-11(14)7-12(9)17-13-6-10(8-16)4-5-15-13/h2-7,16H,8H2,1H3. The van der Waals surface area contributed by atoms with E-state index in [1.165, 1.54) is 18.3 Å². The average Bonchev–Trinajstić information content (AvgIpc) is 2.34. The zero-order chi connectivity index (χ0) is 12.3. The zero-order valence-electron chi connectivity index (χ0n) is 9.35. The summed E-state index contributed by atoms with van der Waals surface area (Å²) in [6.07, 6.45) is 1.54. The van der Waals surface area contributed by atoms with Crippen molar-refractivity contribution in [3.8, 4) is 11.6 Å². The number of rotatable bonds is 3. The fourth-order valence-electron chi connectivity index (χ4n) is 1.40. The molecule has 2 aromatic rings. The molecule has 1 N–H and O–H groups in total. The molecule has 88 valence electrons. The van der Waals surface area contributed by atoms with Crippen LogP contribution in [0.15, 0.2) is 36.5 Å². The maximum absolute atomic E-state index is 13.1. The highest BCUT2D eigenvalue weighted by Crippen LogP contribution is 2.24. The van der Waals surface area contributed by atoms with E-state index in [-0.39, 0.29) is 12.4 Å². The highest BCUT2D eigenvalue weighted by atomic mass is 19.1. The van der Waals surface area contributed by atoms with Gasteiger partial charge in [0, 0.05) is 18.3 Å². The number of benzene rings is 1. The van der Waals surface area contributed by atoms with E-state index in [0.29, 0.717) is 17.2 Å². The van der Waals surface area contributed by atoms with Crippen LogP contribution in [0.3, 0.4) is 0 Å². The number of ether oxygens (including phenoxy) is 1. The molecule has 0 bridgehead atoms. The van der Waals surface area contributed by atoms with Crippen LogP contribution in [0.25, 0.3) is 0 Å². The Kier molecular flexibility index (Phi) is 3.35. The van der Waals surface area contributed by atoms with Gasteiger partial charge >= 0.3 is 0 Å². The van der Waals surface area contributed by atoms with E-state index in [0.717, 1.165) is 5.56 Å². The molecule has 0 aliphatic carbocycles. The summed E-state index contributed by atoms with van der Waals surface area (Å²) in [4.78, 5) is 4.00. The largest absolute Gasteiger partial charge is 0.439 e. The quantitative estimate of drug-likeness (QED) is 0.886. The number of halogens is 1. The minimum atomic E-state index is -0.357. The summed E-state index contributed by atoms with van der Waals surface area (Å²) >= 11 is 0. The summed E-state index contributed by atoms with van der Waals surface area (Å²) in [5.74, 6) is 0.404. The van der Waals surface area contributed by atoms with E-state index in [1.807, 2.05) is 6.92 Å². The number of aromatic nitrogens is 1. The lowest BCUT2D eigenvalue weighted by atomic mass is 10.2. The normalized spacial score (nSPS) is 10.3. The van der Waals surface area contributed by atoms with Crippen molar-refractivity contribution in [1.29, 1.82) is 0 Å². The van der Waals surface area contributed by atoms with Crippen LogP contribution in [0.4, 0.5) is 4.39 Å². The molecular formula is C13H12FNO2. The molecule has 0 aliphatic rings. The predicted molar refractivity (Wildman–Crippen MR) is 61.4 cm³/mol. The fourth-order valence-corrected chi connectivity index (χ4v) is 1.40. The first-order chi connectivity index (χ1) is 8.19. The van der Waals surface area contributed by atoms with Crippen molar-refractivity contribution in [2.45, 2.75) is 13.5 Å². The Morgan fingerprint density at radius 3 is 2.88 bits per heavy atom. The van der Waals surface area contributed by atoms with Crippen molar-refractivity contribution in [2.75, 3.05) is 0 Å². The number of aryl methyl sites for hydroxylation is 1. The molecule has 1 heterocycles. The Morgan fingerprint density at radius 2 is 2.12 bits per heavy atom. The van der Waals surface area contributed by atoms with Crippen molar-refractivity contribution in [3.63, 3.8) is 0 Å². The molecule has 0 saturated heterocycles. The summed E-state index contributed by atoms with van der Waals surface area (Å²) < 4.78 is 18.5. The molecule has 0 saturated carbocycles. The Hall–Kier alpha value is -1.94. The van der Waals surface area contributed by atoms with Gasteiger partial charge in [-0.05, 0) is 30.2 Å². The molecule has 0 atom stereocenters. The van der Waals surface area contributed by atoms with E-state index in [2.05, 4.69) is 4.98 Å². The Balaban J connectivity index is 2.27. The van der Waals surface area contributed by atoms with Crippen molar-refractivity contribution < 1.29 is 14.2 Å². The Labute approximate surface area is 98.5 Å². The van der Waals surface area contributed by atoms with Crippen LogP contribution in [0, 0.1) is 12.7 Å². The molecule has 4 heteroatoms. The summed E-state index contributed by atoms with van der Waals surface area (Å²) in [7, 11) is 0. The molecule has 0 spiro atoms. The topological polar surface area (TPSA) is 42.4 Å². The third-order valence-corrected chi connectivity index (χ3v) is 2.35. The van der Waals surface area contributed by atoms with Crippen LogP contribution in [-0.2, 0) is 6.61 Å². The maximum atomic E-state index is 13.1. The van der Waals surface area contributed by atoms with Crippen LogP contribution in [-0.4, -0.2) is 10.1 Å². The molecule has 0 radical (unpaired) electrons. The molecule has 3 nitrogen and oxygen atoms in total. The minimum Gasteiger partial charge on any atom is -0.439 e.